The molecule has 21 heavy (non-hydrogen) atoms. The fraction of sp³-hybridized carbons (Fsp3) is 0.143. The van der Waals surface area contributed by atoms with Gasteiger partial charge in [0.25, 0.3) is 5.91 Å². The molecule has 0 aliphatic heterocycles. The zero-order valence-electron chi connectivity index (χ0n) is 11.3. The molecule has 0 saturated carbocycles. The van der Waals surface area contributed by atoms with Gasteiger partial charge in [-0.2, -0.15) is 0 Å². The zero-order chi connectivity index (χ0) is 15.2. The second-order valence-electron chi connectivity index (χ2n) is 4.29. The van der Waals surface area contributed by atoms with Crippen molar-refractivity contribution in [2.45, 2.75) is 13.5 Å². The summed E-state index contributed by atoms with van der Waals surface area (Å²) in [6.07, 6.45) is 2.71. The van der Waals surface area contributed by atoms with Gasteiger partial charge in [-0.1, -0.05) is 23.7 Å². The molecule has 2 aromatic rings. The number of aromatic nitrogens is 2. The Hall–Kier alpha value is -2.47. The van der Waals surface area contributed by atoms with E-state index in [4.69, 9.17) is 11.6 Å². The van der Waals surface area contributed by atoms with E-state index in [0.29, 0.717) is 12.2 Å². The third-order valence-corrected chi connectivity index (χ3v) is 2.75. The van der Waals surface area contributed by atoms with Crippen LogP contribution in [-0.4, -0.2) is 21.8 Å². The Morgan fingerprint density at radius 2 is 1.90 bits per heavy atom. The van der Waals surface area contributed by atoms with Crippen LogP contribution in [-0.2, 0) is 11.3 Å². The van der Waals surface area contributed by atoms with Gasteiger partial charge in [0.15, 0.2) is 0 Å². The molecule has 0 fully saturated rings. The molecule has 1 aromatic heterocycles. The number of hydrogen-bond acceptors (Lipinski definition) is 4. The maximum Gasteiger partial charge on any atom is 0.271 e. The summed E-state index contributed by atoms with van der Waals surface area (Å²) < 4.78 is 0. The number of amides is 2. The average molecular weight is 305 g/mol. The lowest BCUT2D eigenvalue weighted by atomic mass is 10.2. The lowest BCUT2D eigenvalue weighted by molar-refractivity contribution is -0.114. The standard InChI is InChI=1S/C14H13ClN4O2/c1-9(20)18-11-4-2-10(3-5-11)6-17-14(21)12-7-16-8-13(15)19-12/h2-5,7-8H,6H2,1H3,(H,17,21)(H,18,20). The van der Waals surface area contributed by atoms with Crippen LogP contribution in [0.15, 0.2) is 36.7 Å². The minimum Gasteiger partial charge on any atom is -0.347 e. The SMILES string of the molecule is CC(=O)Nc1ccc(CNC(=O)c2cncc(Cl)n2)cc1. The number of nitrogens with one attached hydrogen (secondary N) is 2. The van der Waals surface area contributed by atoms with E-state index in [1.165, 1.54) is 19.3 Å². The maximum atomic E-state index is 11.9. The van der Waals surface area contributed by atoms with Crippen LogP contribution in [0.3, 0.4) is 0 Å². The lowest BCUT2D eigenvalue weighted by Crippen LogP contribution is -2.24. The number of nitrogens with zero attached hydrogens (tertiary/aromatic N) is 2. The highest BCUT2D eigenvalue weighted by atomic mass is 35.5. The Kier molecular flexibility index (Phi) is 4.84. The third-order valence-electron chi connectivity index (χ3n) is 2.57. The molecule has 0 saturated heterocycles. The normalized spacial score (nSPS) is 10.0. The molecule has 108 valence electrons. The first-order chi connectivity index (χ1) is 10.0. The van der Waals surface area contributed by atoms with Gasteiger partial charge in [0.05, 0.1) is 12.4 Å². The molecule has 6 nitrogen and oxygen atoms in total. The summed E-state index contributed by atoms with van der Waals surface area (Å²) in [7, 11) is 0. The van der Waals surface area contributed by atoms with Crippen LogP contribution in [0.4, 0.5) is 5.69 Å². The van der Waals surface area contributed by atoms with Crippen LogP contribution in [0.1, 0.15) is 23.0 Å². The molecule has 0 aliphatic rings. The molecule has 1 aromatic carbocycles. The van der Waals surface area contributed by atoms with Crippen LogP contribution in [0, 0.1) is 0 Å². The summed E-state index contributed by atoms with van der Waals surface area (Å²) in [5.74, 6) is -0.480. The second-order valence-corrected chi connectivity index (χ2v) is 4.68. The minimum absolute atomic E-state index is 0.129. The monoisotopic (exact) mass is 304 g/mol. The van der Waals surface area contributed by atoms with Gasteiger partial charge >= 0.3 is 0 Å². The van der Waals surface area contributed by atoms with Gasteiger partial charge in [-0.15, -0.1) is 0 Å². The largest absolute Gasteiger partial charge is 0.347 e. The van der Waals surface area contributed by atoms with Gasteiger partial charge in [-0.3, -0.25) is 14.6 Å². The first kappa shape index (κ1) is 14.9. The van der Waals surface area contributed by atoms with Crippen molar-refractivity contribution in [1.29, 1.82) is 0 Å². The summed E-state index contributed by atoms with van der Waals surface area (Å²) in [6.45, 7) is 1.79. The topological polar surface area (TPSA) is 84.0 Å². The van der Waals surface area contributed by atoms with E-state index in [1.807, 2.05) is 12.1 Å². The van der Waals surface area contributed by atoms with Crippen molar-refractivity contribution in [3.8, 4) is 0 Å². The van der Waals surface area contributed by atoms with E-state index in [2.05, 4.69) is 20.6 Å². The number of anilines is 1. The molecule has 0 radical (unpaired) electrons. The van der Waals surface area contributed by atoms with Crippen LogP contribution in [0.2, 0.25) is 5.15 Å². The predicted octanol–water partition coefficient (Wildman–Crippen LogP) is 2.02. The lowest BCUT2D eigenvalue weighted by Gasteiger charge is -2.06. The Morgan fingerprint density at radius 3 is 2.52 bits per heavy atom. The summed E-state index contributed by atoms with van der Waals surface area (Å²) in [4.78, 5) is 30.4. The van der Waals surface area contributed by atoms with Crippen LogP contribution in [0.5, 0.6) is 0 Å². The minimum atomic E-state index is -0.351. The number of benzene rings is 1. The summed E-state index contributed by atoms with van der Waals surface area (Å²) in [5, 5.41) is 5.55. The molecular weight excluding hydrogens is 292 g/mol. The van der Waals surface area contributed by atoms with Crippen LogP contribution < -0.4 is 10.6 Å². The summed E-state index contributed by atoms with van der Waals surface area (Å²) in [5.41, 5.74) is 1.77. The molecular formula is C14H13ClN4O2. The van der Waals surface area contributed by atoms with E-state index < -0.39 is 0 Å². The van der Waals surface area contributed by atoms with Crippen molar-refractivity contribution < 1.29 is 9.59 Å². The third kappa shape index (κ3) is 4.54. The molecule has 2 amide bonds. The van der Waals surface area contributed by atoms with E-state index in [9.17, 15) is 9.59 Å². The summed E-state index contributed by atoms with van der Waals surface area (Å²) >= 11 is 5.68. The van der Waals surface area contributed by atoms with Crippen LogP contribution in [0.25, 0.3) is 0 Å². The Bertz CT molecular complexity index is 658. The highest BCUT2D eigenvalue weighted by Crippen LogP contribution is 2.09. The average Bonchev–Trinajstić information content (AvgIpc) is 2.45. The molecule has 0 aliphatic carbocycles. The molecule has 0 atom stereocenters. The second kappa shape index (κ2) is 6.81. The highest BCUT2D eigenvalue weighted by molar-refractivity contribution is 6.29. The number of carbonyl (C=O) groups is 2. The Balaban J connectivity index is 1.93. The molecule has 7 heteroatoms. The van der Waals surface area contributed by atoms with Crippen molar-refractivity contribution in [2.75, 3.05) is 5.32 Å². The fourth-order valence-corrected chi connectivity index (χ4v) is 1.78. The van der Waals surface area contributed by atoms with Gasteiger partial charge in [-0.05, 0) is 17.7 Å². The number of rotatable bonds is 4. The van der Waals surface area contributed by atoms with Crippen molar-refractivity contribution in [1.82, 2.24) is 15.3 Å². The molecule has 0 spiro atoms. The molecule has 0 unspecified atom stereocenters. The van der Waals surface area contributed by atoms with E-state index in [-0.39, 0.29) is 22.7 Å². The van der Waals surface area contributed by atoms with E-state index in [1.54, 1.807) is 12.1 Å². The first-order valence-corrected chi connectivity index (χ1v) is 6.54. The Morgan fingerprint density at radius 1 is 1.19 bits per heavy atom. The van der Waals surface area contributed by atoms with E-state index in [0.717, 1.165) is 5.56 Å². The van der Waals surface area contributed by atoms with Crippen LogP contribution >= 0.6 is 11.6 Å². The van der Waals surface area contributed by atoms with Gasteiger partial charge in [0.2, 0.25) is 5.91 Å². The molecule has 2 rings (SSSR count). The van der Waals surface area contributed by atoms with Crippen molar-refractivity contribution in [2.24, 2.45) is 0 Å². The number of carbonyl (C=O) groups excluding carboxylic acids is 2. The number of hydrogen-bond donors (Lipinski definition) is 2. The van der Waals surface area contributed by atoms with Crippen molar-refractivity contribution in [3.05, 3.63) is 53.1 Å². The van der Waals surface area contributed by atoms with Crippen molar-refractivity contribution >= 4 is 29.1 Å². The Labute approximate surface area is 126 Å². The summed E-state index contributed by atoms with van der Waals surface area (Å²) in [6, 6.07) is 7.16. The van der Waals surface area contributed by atoms with Gasteiger partial charge in [0.1, 0.15) is 10.8 Å². The zero-order valence-corrected chi connectivity index (χ0v) is 12.0. The molecule has 0 bridgehead atoms. The van der Waals surface area contributed by atoms with Crippen molar-refractivity contribution in [3.63, 3.8) is 0 Å². The molecule has 2 N–H and O–H groups in total. The smallest absolute Gasteiger partial charge is 0.271 e. The maximum absolute atomic E-state index is 11.9. The van der Waals surface area contributed by atoms with Gasteiger partial charge in [0, 0.05) is 19.2 Å². The molecule has 1 heterocycles. The number of halogens is 1. The highest BCUT2D eigenvalue weighted by Gasteiger charge is 2.08. The first-order valence-electron chi connectivity index (χ1n) is 6.17. The van der Waals surface area contributed by atoms with E-state index >= 15 is 0 Å². The van der Waals surface area contributed by atoms with Gasteiger partial charge in [-0.25, -0.2) is 4.98 Å². The fourth-order valence-electron chi connectivity index (χ4n) is 1.63. The van der Waals surface area contributed by atoms with Gasteiger partial charge < -0.3 is 10.6 Å². The predicted molar refractivity (Wildman–Crippen MR) is 79.0 cm³/mol. The quantitative estimate of drug-likeness (QED) is 0.905.